The summed E-state index contributed by atoms with van der Waals surface area (Å²) in [5.74, 6) is 1.93. The molecule has 4 aliphatic rings. The molecular formula is C21H30N2O3S. The molecule has 1 N–H and O–H groups in total. The third-order valence-corrected chi connectivity index (χ3v) is 9.56. The molecule has 0 aliphatic heterocycles. The molecule has 6 heteroatoms. The molecule has 6 atom stereocenters. The van der Waals surface area contributed by atoms with Gasteiger partial charge in [-0.2, -0.15) is 9.19 Å². The quantitative estimate of drug-likeness (QED) is 0.799. The molecule has 27 heavy (non-hydrogen) atoms. The Bertz CT molecular complexity index is 933. The van der Waals surface area contributed by atoms with Crippen molar-refractivity contribution in [3.8, 4) is 0 Å². The average Bonchev–Trinajstić information content (AvgIpc) is 3.13. The molecule has 5 nitrogen and oxygen atoms in total. The molecule has 3 unspecified atom stereocenters. The van der Waals surface area contributed by atoms with Crippen molar-refractivity contribution < 1.29 is 13.5 Å². The lowest BCUT2D eigenvalue weighted by atomic mass is 9.47. The van der Waals surface area contributed by atoms with Gasteiger partial charge in [-0.3, -0.25) is 0 Å². The fourth-order valence-corrected chi connectivity index (χ4v) is 7.72. The first-order valence-electron chi connectivity index (χ1n) is 10.3. The van der Waals surface area contributed by atoms with Crippen molar-refractivity contribution >= 4 is 16.1 Å². The first-order valence-corrected chi connectivity index (χ1v) is 12.2. The molecule has 148 valence electrons. The van der Waals surface area contributed by atoms with Crippen molar-refractivity contribution in [1.29, 1.82) is 0 Å². The molecule has 0 bridgehead atoms. The minimum atomic E-state index is -3.35. The molecule has 0 aromatic carbocycles. The molecule has 5 rings (SSSR count). The van der Waals surface area contributed by atoms with Crippen molar-refractivity contribution in [2.45, 2.75) is 64.9 Å². The highest BCUT2D eigenvalue weighted by Gasteiger charge is 2.58. The van der Waals surface area contributed by atoms with Crippen molar-refractivity contribution in [3.63, 3.8) is 0 Å². The van der Waals surface area contributed by atoms with E-state index in [2.05, 4.69) is 25.0 Å². The van der Waals surface area contributed by atoms with Crippen LogP contribution in [0.3, 0.4) is 0 Å². The van der Waals surface area contributed by atoms with Crippen LogP contribution in [0.15, 0.2) is 11.8 Å². The van der Waals surface area contributed by atoms with Gasteiger partial charge < -0.3 is 5.11 Å². The van der Waals surface area contributed by atoms with E-state index in [0.717, 1.165) is 53.9 Å². The van der Waals surface area contributed by atoms with Crippen LogP contribution in [-0.2, 0) is 16.4 Å². The highest BCUT2D eigenvalue weighted by atomic mass is 32.2. The smallest absolute Gasteiger partial charge is 0.250 e. The van der Waals surface area contributed by atoms with Crippen LogP contribution in [0.5, 0.6) is 0 Å². The topological polar surface area (TPSA) is 72.2 Å². The second-order valence-corrected chi connectivity index (χ2v) is 11.8. The molecule has 1 aromatic heterocycles. The maximum atomic E-state index is 11.9. The molecule has 3 saturated carbocycles. The summed E-state index contributed by atoms with van der Waals surface area (Å²) in [5, 5.41) is 14.9. The Hall–Kier alpha value is -1.14. The van der Waals surface area contributed by atoms with Gasteiger partial charge in [-0.25, -0.2) is 8.42 Å². The minimum absolute atomic E-state index is 0.0934. The lowest BCUT2D eigenvalue weighted by Crippen LogP contribution is -2.51. The number of allylic oxidation sites excluding steroid dienone is 1. The molecule has 0 amide bonds. The molecular weight excluding hydrogens is 360 g/mol. The summed E-state index contributed by atoms with van der Waals surface area (Å²) < 4.78 is 25.0. The number of aromatic nitrogens is 2. The molecule has 3 fully saturated rings. The second-order valence-electron chi connectivity index (χ2n) is 9.99. The van der Waals surface area contributed by atoms with Crippen LogP contribution in [-0.4, -0.2) is 35.1 Å². The number of aliphatic hydroxyl groups is 1. The van der Waals surface area contributed by atoms with Crippen molar-refractivity contribution in [2.24, 2.45) is 28.6 Å². The van der Waals surface area contributed by atoms with E-state index in [1.807, 2.05) is 0 Å². The van der Waals surface area contributed by atoms with Gasteiger partial charge >= 0.3 is 0 Å². The number of nitrogens with zero attached hydrogens (tertiary/aromatic N) is 2. The predicted molar refractivity (Wildman–Crippen MR) is 105 cm³/mol. The number of fused-ring (bicyclic) bond motifs is 6. The summed E-state index contributed by atoms with van der Waals surface area (Å²) >= 11 is 0. The van der Waals surface area contributed by atoms with E-state index in [-0.39, 0.29) is 16.9 Å². The van der Waals surface area contributed by atoms with Crippen LogP contribution >= 0.6 is 0 Å². The van der Waals surface area contributed by atoms with E-state index >= 15 is 0 Å². The van der Waals surface area contributed by atoms with Gasteiger partial charge in [0.1, 0.15) is 0 Å². The van der Waals surface area contributed by atoms with Gasteiger partial charge in [0.2, 0.25) is 0 Å². The molecule has 0 saturated heterocycles. The number of hydrogen-bond donors (Lipinski definition) is 1. The van der Waals surface area contributed by atoms with Gasteiger partial charge in [0, 0.05) is 6.20 Å². The van der Waals surface area contributed by atoms with Crippen LogP contribution in [0.2, 0.25) is 0 Å². The Morgan fingerprint density at radius 2 is 1.96 bits per heavy atom. The van der Waals surface area contributed by atoms with Gasteiger partial charge in [0.05, 0.1) is 18.1 Å². The van der Waals surface area contributed by atoms with E-state index in [0.29, 0.717) is 17.8 Å². The van der Waals surface area contributed by atoms with Crippen molar-refractivity contribution in [1.82, 2.24) is 9.19 Å². The number of aliphatic hydroxyl groups excluding tert-OH is 1. The number of hydrogen-bond acceptors (Lipinski definition) is 4. The van der Waals surface area contributed by atoms with Gasteiger partial charge in [0.25, 0.3) is 10.0 Å². The summed E-state index contributed by atoms with van der Waals surface area (Å²) in [6, 6.07) is 0. The first kappa shape index (κ1) is 17.9. The third kappa shape index (κ3) is 2.38. The Morgan fingerprint density at radius 3 is 2.70 bits per heavy atom. The van der Waals surface area contributed by atoms with E-state index in [9.17, 15) is 13.5 Å². The summed E-state index contributed by atoms with van der Waals surface area (Å²) in [5.41, 5.74) is 3.54. The number of rotatable bonds is 1. The van der Waals surface area contributed by atoms with E-state index in [1.165, 1.54) is 18.2 Å². The normalized spacial score (nSPS) is 43.3. The zero-order chi connectivity index (χ0) is 19.2. The van der Waals surface area contributed by atoms with Crippen molar-refractivity contribution in [3.05, 3.63) is 23.0 Å². The van der Waals surface area contributed by atoms with Crippen LogP contribution in [0.1, 0.15) is 63.6 Å². The lowest BCUT2D eigenvalue weighted by Gasteiger charge is -2.57. The van der Waals surface area contributed by atoms with Crippen LogP contribution in [0, 0.1) is 28.6 Å². The third-order valence-electron chi connectivity index (χ3n) is 8.70. The van der Waals surface area contributed by atoms with E-state index in [4.69, 9.17) is 0 Å². The molecule has 1 heterocycles. The van der Waals surface area contributed by atoms with Gasteiger partial charge in [-0.05, 0) is 85.2 Å². The average molecular weight is 391 g/mol. The SMILES string of the molecule is C[C@]12Cc3cn(S(C)(=O)=O)nc3C=C1CCC1C2CC[C@@]2(C)C1CC[C@@H]2O. The molecule has 0 radical (unpaired) electrons. The Balaban J connectivity index is 1.52. The first-order chi connectivity index (χ1) is 12.6. The van der Waals surface area contributed by atoms with E-state index < -0.39 is 10.0 Å². The van der Waals surface area contributed by atoms with Gasteiger partial charge in [0.15, 0.2) is 0 Å². The summed E-state index contributed by atoms with van der Waals surface area (Å²) in [7, 11) is -3.35. The molecule has 0 spiro atoms. The van der Waals surface area contributed by atoms with Crippen LogP contribution < -0.4 is 0 Å². The van der Waals surface area contributed by atoms with Gasteiger partial charge in [-0.1, -0.05) is 19.4 Å². The summed E-state index contributed by atoms with van der Waals surface area (Å²) in [6.45, 7) is 4.71. The van der Waals surface area contributed by atoms with Gasteiger partial charge in [-0.15, -0.1) is 0 Å². The Labute approximate surface area is 161 Å². The maximum Gasteiger partial charge on any atom is 0.250 e. The zero-order valence-corrected chi connectivity index (χ0v) is 17.3. The second kappa shape index (κ2) is 5.47. The van der Waals surface area contributed by atoms with Crippen LogP contribution in [0.4, 0.5) is 0 Å². The van der Waals surface area contributed by atoms with Crippen LogP contribution in [0.25, 0.3) is 6.08 Å². The van der Waals surface area contributed by atoms with E-state index in [1.54, 1.807) is 6.20 Å². The highest BCUT2D eigenvalue weighted by Crippen LogP contribution is 2.65. The molecule has 1 aromatic rings. The fourth-order valence-electron chi connectivity index (χ4n) is 7.17. The maximum absolute atomic E-state index is 11.9. The largest absolute Gasteiger partial charge is 0.393 e. The summed E-state index contributed by atoms with van der Waals surface area (Å²) in [6.07, 6.45) is 12.5. The lowest BCUT2D eigenvalue weighted by molar-refractivity contribution is -0.0703. The van der Waals surface area contributed by atoms with Crippen molar-refractivity contribution in [2.75, 3.05) is 6.26 Å². The highest BCUT2D eigenvalue weighted by molar-refractivity contribution is 7.89. The monoisotopic (exact) mass is 390 g/mol. The predicted octanol–water partition coefficient (Wildman–Crippen LogP) is 3.23. The standard InChI is InChI=1S/C21H30N2O3S/c1-20-9-8-17-15(16(20)6-7-19(20)24)5-4-14-10-18-13(11-21(14,17)2)12-23(22-18)27(3,25)26/h10,12,15-17,19,24H,4-9,11H2,1-3H3/t15?,16?,17?,19-,20-,21-/m0/s1. The Kier molecular flexibility index (Phi) is 3.63. The fraction of sp³-hybridized carbons (Fsp3) is 0.762. The zero-order valence-electron chi connectivity index (χ0n) is 16.5. The minimum Gasteiger partial charge on any atom is -0.393 e. The Morgan fingerprint density at radius 1 is 1.19 bits per heavy atom. The molecule has 4 aliphatic carbocycles. The summed E-state index contributed by atoms with van der Waals surface area (Å²) in [4.78, 5) is 0.